The molecule has 0 heterocycles. The van der Waals surface area contributed by atoms with Crippen molar-refractivity contribution >= 4 is 0 Å². The van der Waals surface area contributed by atoms with Gasteiger partial charge in [-0.15, -0.1) is 0 Å². The second kappa shape index (κ2) is 6.86. The van der Waals surface area contributed by atoms with Crippen LogP contribution in [0.25, 0.3) is 0 Å². The number of aliphatic hydroxyl groups excluding tert-OH is 1. The Hall–Kier alpha value is -1.14. The smallest absolute Gasteiger partial charge is 0.330 e. The number of benzene rings is 1. The molecule has 0 aromatic heterocycles. The Balaban J connectivity index is 2.32. The molecule has 0 amide bonds. The molecule has 0 aliphatic rings. The predicted molar refractivity (Wildman–Crippen MR) is 62.7 cm³/mol. The molecule has 6 heteroatoms. The second-order valence-electron chi connectivity index (χ2n) is 4.42. The van der Waals surface area contributed by atoms with Gasteiger partial charge >= 0.3 is 12.3 Å². The zero-order chi connectivity index (χ0) is 14.5. The molecule has 0 radical (unpaired) electrons. The molecule has 1 aromatic carbocycles. The Morgan fingerprint density at radius 1 is 1.21 bits per heavy atom. The van der Waals surface area contributed by atoms with Crippen molar-refractivity contribution in [3.8, 4) is 0 Å². The van der Waals surface area contributed by atoms with Crippen LogP contribution in [0.2, 0.25) is 0 Å². The summed E-state index contributed by atoms with van der Waals surface area (Å²) in [6.45, 7) is 0.113. The van der Waals surface area contributed by atoms with Gasteiger partial charge in [0.15, 0.2) is 0 Å². The third-order valence-corrected chi connectivity index (χ3v) is 2.52. The van der Waals surface area contributed by atoms with Crippen molar-refractivity contribution in [1.82, 2.24) is 0 Å². The van der Waals surface area contributed by atoms with Crippen LogP contribution in [0.5, 0.6) is 0 Å². The van der Waals surface area contributed by atoms with Gasteiger partial charge in [-0.1, -0.05) is 29.8 Å². The van der Waals surface area contributed by atoms with E-state index in [0.29, 0.717) is 0 Å². The van der Waals surface area contributed by atoms with Crippen LogP contribution in [0.4, 0.5) is 17.6 Å². The topological polar surface area (TPSA) is 29.5 Å². The highest BCUT2D eigenvalue weighted by atomic mass is 19.3. The maximum atomic E-state index is 12.5. The number of hydrogen-bond donors (Lipinski definition) is 1. The maximum Gasteiger partial charge on any atom is 0.330 e. The van der Waals surface area contributed by atoms with Crippen LogP contribution in [0.1, 0.15) is 11.1 Å². The molecule has 0 fully saturated rings. The lowest BCUT2D eigenvalue weighted by Gasteiger charge is -2.17. The van der Waals surface area contributed by atoms with Gasteiger partial charge in [-0.2, -0.15) is 8.78 Å². The van der Waals surface area contributed by atoms with Crippen molar-refractivity contribution in [2.45, 2.75) is 31.8 Å². The fourth-order valence-corrected chi connectivity index (χ4v) is 1.45. The molecule has 0 spiro atoms. The minimum absolute atomic E-state index is 0.223. The number of ether oxygens (including phenoxy) is 1. The molecule has 1 unspecified atom stereocenters. The Morgan fingerprint density at radius 2 is 1.79 bits per heavy atom. The predicted octanol–water partition coefficient (Wildman–Crippen LogP) is 2.82. The molecular formula is C13H16F4O2. The van der Waals surface area contributed by atoms with Gasteiger partial charge in [0.05, 0.1) is 12.7 Å². The number of aliphatic hydroxyl groups is 1. The van der Waals surface area contributed by atoms with Gasteiger partial charge in [-0.3, -0.25) is 0 Å². The summed E-state index contributed by atoms with van der Waals surface area (Å²) in [5.74, 6) is -4.18. The number of hydrogen-bond acceptors (Lipinski definition) is 2. The van der Waals surface area contributed by atoms with Gasteiger partial charge in [0.25, 0.3) is 0 Å². The van der Waals surface area contributed by atoms with E-state index in [4.69, 9.17) is 0 Å². The highest BCUT2D eigenvalue weighted by molar-refractivity contribution is 5.21. The lowest BCUT2D eigenvalue weighted by Crippen LogP contribution is -2.34. The Morgan fingerprint density at radius 3 is 2.32 bits per heavy atom. The summed E-state index contributed by atoms with van der Waals surface area (Å²) in [7, 11) is 0. The van der Waals surface area contributed by atoms with Crippen LogP contribution in [0, 0.1) is 6.92 Å². The van der Waals surface area contributed by atoms with Crippen LogP contribution in [-0.2, 0) is 11.2 Å². The van der Waals surface area contributed by atoms with E-state index < -0.39 is 31.7 Å². The fraction of sp³-hybridized carbons (Fsp3) is 0.538. The summed E-state index contributed by atoms with van der Waals surface area (Å²) < 4.78 is 53.1. The Bertz CT molecular complexity index is 379. The zero-order valence-corrected chi connectivity index (χ0v) is 10.5. The molecule has 1 atom stereocenters. The largest absolute Gasteiger partial charge is 0.390 e. The molecule has 19 heavy (non-hydrogen) atoms. The SMILES string of the molecule is Cc1ccc(CC(O)COCC(F)(F)C(F)F)cc1. The molecule has 0 saturated heterocycles. The minimum Gasteiger partial charge on any atom is -0.390 e. The molecule has 1 aromatic rings. The van der Waals surface area contributed by atoms with Gasteiger partial charge in [0.1, 0.15) is 6.61 Å². The molecule has 108 valence electrons. The highest BCUT2D eigenvalue weighted by Gasteiger charge is 2.41. The van der Waals surface area contributed by atoms with Crippen molar-refractivity contribution in [3.05, 3.63) is 35.4 Å². The quantitative estimate of drug-likeness (QED) is 0.778. The first-order valence-corrected chi connectivity index (χ1v) is 5.78. The fourth-order valence-electron chi connectivity index (χ4n) is 1.45. The summed E-state index contributed by atoms with van der Waals surface area (Å²) in [5, 5.41) is 9.55. The number of halogens is 4. The molecule has 0 bridgehead atoms. The van der Waals surface area contributed by atoms with Crippen molar-refractivity contribution in [2.24, 2.45) is 0 Å². The van der Waals surface area contributed by atoms with Gasteiger partial charge in [0.2, 0.25) is 0 Å². The van der Waals surface area contributed by atoms with E-state index in [-0.39, 0.29) is 6.42 Å². The molecule has 0 aliphatic heterocycles. The number of alkyl halides is 4. The molecule has 0 saturated carbocycles. The molecule has 2 nitrogen and oxygen atoms in total. The standard InChI is InChI=1S/C13H16F4O2/c1-9-2-4-10(5-3-9)6-11(18)7-19-8-13(16,17)12(14)15/h2-5,11-12,18H,6-8H2,1H3. The van der Waals surface area contributed by atoms with Crippen LogP contribution in [-0.4, -0.2) is 36.8 Å². The monoisotopic (exact) mass is 280 g/mol. The molecule has 1 rings (SSSR count). The maximum absolute atomic E-state index is 12.5. The van der Waals surface area contributed by atoms with Gasteiger partial charge in [-0.25, -0.2) is 8.78 Å². The Kier molecular flexibility index (Phi) is 5.75. The van der Waals surface area contributed by atoms with E-state index in [1.165, 1.54) is 0 Å². The molecule has 1 N–H and O–H groups in total. The van der Waals surface area contributed by atoms with Crippen LogP contribution in [0.15, 0.2) is 24.3 Å². The van der Waals surface area contributed by atoms with Crippen molar-refractivity contribution in [1.29, 1.82) is 0 Å². The lowest BCUT2D eigenvalue weighted by atomic mass is 10.1. The van der Waals surface area contributed by atoms with Crippen LogP contribution >= 0.6 is 0 Å². The number of rotatable bonds is 7. The van der Waals surface area contributed by atoms with Gasteiger partial charge in [-0.05, 0) is 12.5 Å². The summed E-state index contributed by atoms with van der Waals surface area (Å²) in [5.41, 5.74) is 1.88. The van der Waals surface area contributed by atoms with Crippen molar-refractivity contribution in [2.75, 3.05) is 13.2 Å². The summed E-state index contributed by atoms with van der Waals surface area (Å²) in [6.07, 6.45) is -4.54. The van der Waals surface area contributed by atoms with Crippen LogP contribution < -0.4 is 0 Å². The number of aryl methyl sites for hydroxylation is 1. The third kappa shape index (κ3) is 5.57. The van der Waals surface area contributed by atoms with E-state index in [9.17, 15) is 22.7 Å². The summed E-state index contributed by atoms with van der Waals surface area (Å²) in [6, 6.07) is 7.31. The van der Waals surface area contributed by atoms with E-state index in [1.807, 2.05) is 19.1 Å². The first kappa shape index (κ1) is 15.9. The van der Waals surface area contributed by atoms with Crippen molar-refractivity contribution < 1.29 is 27.4 Å². The first-order valence-electron chi connectivity index (χ1n) is 5.78. The minimum atomic E-state index is -4.18. The van der Waals surface area contributed by atoms with E-state index in [1.54, 1.807) is 12.1 Å². The summed E-state index contributed by atoms with van der Waals surface area (Å²) in [4.78, 5) is 0. The van der Waals surface area contributed by atoms with E-state index in [2.05, 4.69) is 4.74 Å². The average Bonchev–Trinajstić information content (AvgIpc) is 2.31. The van der Waals surface area contributed by atoms with Crippen molar-refractivity contribution in [3.63, 3.8) is 0 Å². The zero-order valence-electron chi connectivity index (χ0n) is 10.5. The average molecular weight is 280 g/mol. The third-order valence-electron chi connectivity index (χ3n) is 2.52. The lowest BCUT2D eigenvalue weighted by molar-refractivity contribution is -0.170. The molecule has 0 aliphatic carbocycles. The van der Waals surface area contributed by atoms with Gasteiger partial charge in [0, 0.05) is 6.42 Å². The molecular weight excluding hydrogens is 264 g/mol. The summed E-state index contributed by atoms with van der Waals surface area (Å²) >= 11 is 0. The highest BCUT2D eigenvalue weighted by Crippen LogP contribution is 2.22. The van der Waals surface area contributed by atoms with Crippen LogP contribution in [0.3, 0.4) is 0 Å². The second-order valence-corrected chi connectivity index (χ2v) is 4.42. The first-order chi connectivity index (χ1) is 8.81. The van der Waals surface area contributed by atoms with E-state index >= 15 is 0 Å². The van der Waals surface area contributed by atoms with Gasteiger partial charge < -0.3 is 9.84 Å². The normalized spacial score (nSPS) is 13.8. The Labute approximate surface area is 109 Å². The van der Waals surface area contributed by atoms with E-state index in [0.717, 1.165) is 11.1 Å².